The van der Waals surface area contributed by atoms with Gasteiger partial charge in [-0.05, 0) is 12.2 Å². The Hall–Kier alpha value is -1.56. The Bertz CT molecular complexity index is 412. The monoisotopic (exact) mass is 410 g/mol. The molecule has 0 unspecified atom stereocenters. The Morgan fingerprint density at radius 3 is 1.91 bits per heavy atom. The van der Waals surface area contributed by atoms with E-state index < -0.39 is 11.9 Å². The SMILES string of the molecule is C=CC(=O)[O-].C=CC(=O)[O-].CCC[CH2][Sn+2][CH2]c1ccccc1. The number of carboxylic acids is 2. The number of benzene rings is 1. The zero-order chi connectivity index (χ0) is 17.2. The van der Waals surface area contributed by atoms with Gasteiger partial charge >= 0.3 is 85.7 Å². The summed E-state index contributed by atoms with van der Waals surface area (Å²) in [4.78, 5) is 18.3. The van der Waals surface area contributed by atoms with Gasteiger partial charge in [0.05, 0.1) is 11.9 Å². The van der Waals surface area contributed by atoms with Crippen LogP contribution in [0.2, 0.25) is 4.44 Å². The van der Waals surface area contributed by atoms with Crippen LogP contribution in [0.1, 0.15) is 25.3 Å². The van der Waals surface area contributed by atoms with E-state index in [1.54, 1.807) is 10.0 Å². The average molecular weight is 409 g/mol. The van der Waals surface area contributed by atoms with Crippen LogP contribution in [-0.2, 0) is 14.0 Å². The first-order valence-electron chi connectivity index (χ1n) is 6.89. The van der Waals surface area contributed by atoms with E-state index >= 15 is 0 Å². The van der Waals surface area contributed by atoms with Crippen molar-refractivity contribution in [2.75, 3.05) is 0 Å². The molecule has 0 aromatic heterocycles. The van der Waals surface area contributed by atoms with Crippen molar-refractivity contribution < 1.29 is 19.8 Å². The third-order valence-corrected chi connectivity index (χ3v) is 6.11. The molecule has 5 heteroatoms. The van der Waals surface area contributed by atoms with E-state index in [1.807, 2.05) is 0 Å². The van der Waals surface area contributed by atoms with Crippen molar-refractivity contribution in [2.45, 2.75) is 28.6 Å². The van der Waals surface area contributed by atoms with Gasteiger partial charge in [-0.15, -0.1) is 0 Å². The molecular formula is C17H22O4Sn. The normalized spacial score (nSPS) is 8.05. The van der Waals surface area contributed by atoms with E-state index in [2.05, 4.69) is 50.4 Å². The number of carboxylic acid groups (broad SMARTS) is 2. The van der Waals surface area contributed by atoms with Crippen molar-refractivity contribution in [1.29, 1.82) is 0 Å². The predicted octanol–water partition coefficient (Wildman–Crippen LogP) is 0.954. The third kappa shape index (κ3) is 20.8. The number of hydrogen-bond acceptors (Lipinski definition) is 4. The van der Waals surface area contributed by atoms with Gasteiger partial charge in [0.1, 0.15) is 0 Å². The second kappa shape index (κ2) is 17.5. The Labute approximate surface area is 142 Å². The van der Waals surface area contributed by atoms with Crippen LogP contribution in [0.25, 0.3) is 0 Å². The van der Waals surface area contributed by atoms with Gasteiger partial charge in [0.25, 0.3) is 0 Å². The first-order valence-corrected chi connectivity index (χ1v) is 10.9. The van der Waals surface area contributed by atoms with Crippen LogP contribution in [0.3, 0.4) is 0 Å². The fourth-order valence-corrected chi connectivity index (χ4v) is 4.85. The summed E-state index contributed by atoms with van der Waals surface area (Å²) in [7, 11) is 0. The molecule has 0 aliphatic heterocycles. The fourth-order valence-electron chi connectivity index (χ4n) is 1.13. The van der Waals surface area contributed by atoms with Crippen molar-refractivity contribution in [3.05, 3.63) is 61.2 Å². The summed E-state index contributed by atoms with van der Waals surface area (Å²) in [6, 6.07) is 10.9. The summed E-state index contributed by atoms with van der Waals surface area (Å²) in [5, 5.41) is 18.3. The molecule has 0 bridgehead atoms. The number of aliphatic carboxylic acids is 2. The van der Waals surface area contributed by atoms with Gasteiger partial charge < -0.3 is 19.8 Å². The van der Waals surface area contributed by atoms with Crippen LogP contribution >= 0.6 is 0 Å². The fraction of sp³-hybridized carbons (Fsp3) is 0.294. The summed E-state index contributed by atoms with van der Waals surface area (Å²) in [6.45, 7) is 8.08. The Morgan fingerprint density at radius 2 is 1.55 bits per heavy atom. The van der Waals surface area contributed by atoms with Crippen molar-refractivity contribution >= 4 is 33.1 Å². The van der Waals surface area contributed by atoms with Gasteiger partial charge in [0.15, 0.2) is 0 Å². The molecule has 22 heavy (non-hydrogen) atoms. The Balaban J connectivity index is 0. The maximum absolute atomic E-state index is 9.14. The minimum absolute atomic E-state index is 0.0540. The summed E-state index contributed by atoms with van der Waals surface area (Å²) in [6.07, 6.45) is 4.27. The quantitative estimate of drug-likeness (QED) is 0.382. The molecular weight excluding hydrogens is 387 g/mol. The summed E-state index contributed by atoms with van der Waals surface area (Å²) in [5.74, 6) is -2.46. The first kappa shape index (κ1) is 22.7. The first-order chi connectivity index (χ1) is 10.5. The molecule has 0 heterocycles. The van der Waals surface area contributed by atoms with Crippen molar-refractivity contribution in [3.8, 4) is 0 Å². The molecule has 0 saturated carbocycles. The zero-order valence-corrected chi connectivity index (χ0v) is 15.8. The van der Waals surface area contributed by atoms with Crippen LogP contribution in [0.4, 0.5) is 0 Å². The molecule has 0 aliphatic rings. The van der Waals surface area contributed by atoms with E-state index in [1.165, 1.54) is 17.3 Å². The maximum atomic E-state index is 9.14. The average Bonchev–Trinajstić information content (AvgIpc) is 2.53. The summed E-state index contributed by atoms with van der Waals surface area (Å²) in [5.41, 5.74) is 1.56. The van der Waals surface area contributed by atoms with Crippen molar-refractivity contribution in [3.63, 3.8) is 0 Å². The number of unbranched alkanes of at least 4 members (excludes halogenated alkanes) is 1. The summed E-state index contributed by atoms with van der Waals surface area (Å²) < 4.78 is 2.97. The van der Waals surface area contributed by atoms with Crippen molar-refractivity contribution in [2.24, 2.45) is 0 Å². The molecule has 1 aromatic rings. The van der Waals surface area contributed by atoms with E-state index in [4.69, 9.17) is 19.8 Å². The second-order valence-corrected chi connectivity index (χ2v) is 7.93. The molecule has 0 saturated heterocycles. The van der Waals surface area contributed by atoms with Crippen LogP contribution in [0.5, 0.6) is 0 Å². The van der Waals surface area contributed by atoms with E-state index in [9.17, 15) is 0 Å². The van der Waals surface area contributed by atoms with Gasteiger partial charge in [0.2, 0.25) is 0 Å². The van der Waals surface area contributed by atoms with Gasteiger partial charge in [-0.3, -0.25) is 0 Å². The topological polar surface area (TPSA) is 80.3 Å². The van der Waals surface area contributed by atoms with E-state index in [0.717, 1.165) is 12.2 Å². The zero-order valence-electron chi connectivity index (χ0n) is 12.9. The number of hydrogen-bond donors (Lipinski definition) is 0. The second-order valence-electron chi connectivity index (χ2n) is 4.06. The van der Waals surface area contributed by atoms with E-state index in [-0.39, 0.29) is 21.1 Å². The predicted molar refractivity (Wildman–Crippen MR) is 86.0 cm³/mol. The van der Waals surface area contributed by atoms with Crippen LogP contribution in [0.15, 0.2) is 55.6 Å². The molecule has 0 atom stereocenters. The van der Waals surface area contributed by atoms with Gasteiger partial charge in [-0.25, -0.2) is 0 Å². The van der Waals surface area contributed by atoms with Crippen LogP contribution < -0.4 is 10.2 Å². The van der Waals surface area contributed by atoms with Gasteiger partial charge in [-0.2, -0.15) is 0 Å². The minimum atomic E-state index is -1.23. The standard InChI is InChI=1S/C7H7.C4H9.2C3H4O2.Sn/c1-7-5-3-2-4-6-7;1-3-4-2;2*1-2-3(4)5;/h2-6H,1H2;1,3-4H2,2H3;2*2H,1H2,(H,4,5);/q;;;;+2/p-2. The van der Waals surface area contributed by atoms with Crippen LogP contribution in [-0.4, -0.2) is 33.1 Å². The van der Waals surface area contributed by atoms with Gasteiger partial charge in [-0.1, -0.05) is 13.2 Å². The molecule has 4 nitrogen and oxygen atoms in total. The molecule has 1 rings (SSSR count). The van der Waals surface area contributed by atoms with Crippen LogP contribution in [0, 0.1) is 0 Å². The number of carbonyl (C=O) groups excluding carboxylic acids is 2. The molecule has 118 valence electrons. The molecule has 0 fully saturated rings. The molecule has 0 radical (unpaired) electrons. The molecule has 0 spiro atoms. The summed E-state index contributed by atoms with van der Waals surface area (Å²) >= 11 is -0.0540. The molecule has 0 amide bonds. The number of rotatable bonds is 7. The number of carbonyl (C=O) groups is 2. The Kier molecular flexibility index (Phi) is 18.1. The van der Waals surface area contributed by atoms with Crippen molar-refractivity contribution in [1.82, 2.24) is 0 Å². The Morgan fingerprint density at radius 1 is 1.09 bits per heavy atom. The van der Waals surface area contributed by atoms with Gasteiger partial charge in [0, 0.05) is 0 Å². The molecule has 0 N–H and O–H groups in total. The molecule has 0 aliphatic carbocycles. The molecule has 1 aromatic carbocycles. The van der Waals surface area contributed by atoms with E-state index in [0.29, 0.717) is 0 Å². The third-order valence-electron chi connectivity index (χ3n) is 2.21.